The van der Waals surface area contributed by atoms with Gasteiger partial charge >= 0.3 is 0 Å². The fourth-order valence-electron chi connectivity index (χ4n) is 4.30. The van der Waals surface area contributed by atoms with Gasteiger partial charge < -0.3 is 0 Å². The molecule has 4 saturated carbocycles. The average Bonchev–Trinajstić information content (AvgIpc) is 2.83. The van der Waals surface area contributed by atoms with Gasteiger partial charge in [-0.25, -0.2) is 0 Å². The summed E-state index contributed by atoms with van der Waals surface area (Å²) in [7, 11) is 0. The van der Waals surface area contributed by atoms with E-state index in [2.05, 4.69) is 6.07 Å². The third kappa shape index (κ3) is 1.27. The van der Waals surface area contributed by atoms with Crippen molar-refractivity contribution in [1.29, 1.82) is 5.26 Å². The number of Topliss-reactive ketones (excluding diaryl/α,β-unsaturated/α-hetero) is 1. The Hall–Kier alpha value is -0.840. The van der Waals surface area contributed by atoms with Crippen LogP contribution in [0.4, 0.5) is 0 Å². The summed E-state index contributed by atoms with van der Waals surface area (Å²) in [6.45, 7) is 0. The molecule has 4 rings (SSSR count). The van der Waals surface area contributed by atoms with E-state index in [1.54, 1.807) is 0 Å². The summed E-state index contributed by atoms with van der Waals surface area (Å²) in [5.74, 6) is 1.50. The first kappa shape index (κ1) is 10.3. The van der Waals surface area contributed by atoms with Gasteiger partial charge in [-0.1, -0.05) is 19.3 Å². The molecule has 86 valence electrons. The number of nitrogens with zero attached hydrogens (tertiary/aromatic N) is 1. The van der Waals surface area contributed by atoms with Crippen molar-refractivity contribution in [2.75, 3.05) is 0 Å². The summed E-state index contributed by atoms with van der Waals surface area (Å²) in [6.07, 6.45) is 8.95. The van der Waals surface area contributed by atoms with Gasteiger partial charge in [0.1, 0.15) is 5.78 Å². The zero-order valence-electron chi connectivity index (χ0n) is 9.74. The molecule has 0 N–H and O–H groups in total. The summed E-state index contributed by atoms with van der Waals surface area (Å²) in [6, 6.07) is 2.40. The smallest absolute Gasteiger partial charge is 0.143 e. The molecule has 0 heterocycles. The second-order valence-electron chi connectivity index (χ2n) is 6.05. The zero-order chi connectivity index (χ0) is 11.2. The Kier molecular flexibility index (Phi) is 2.31. The van der Waals surface area contributed by atoms with Gasteiger partial charge in [0.15, 0.2) is 0 Å². The van der Waals surface area contributed by atoms with Crippen LogP contribution in [0.25, 0.3) is 0 Å². The Morgan fingerprint density at radius 1 is 1.19 bits per heavy atom. The molecule has 2 heteroatoms. The Labute approximate surface area is 97.0 Å². The zero-order valence-corrected chi connectivity index (χ0v) is 9.74. The Bertz CT molecular complexity index is 342. The lowest BCUT2D eigenvalue weighted by molar-refractivity contribution is -0.139. The number of rotatable bonds is 2. The van der Waals surface area contributed by atoms with Crippen molar-refractivity contribution in [3.05, 3.63) is 0 Å². The molecule has 0 spiro atoms. The van der Waals surface area contributed by atoms with Gasteiger partial charge in [-0.15, -0.1) is 0 Å². The first-order valence-electron chi connectivity index (χ1n) is 6.70. The molecule has 0 aromatic heterocycles. The van der Waals surface area contributed by atoms with E-state index >= 15 is 0 Å². The fourth-order valence-corrected chi connectivity index (χ4v) is 4.30. The highest BCUT2D eigenvalue weighted by atomic mass is 16.1. The van der Waals surface area contributed by atoms with Gasteiger partial charge in [0.05, 0.1) is 12.0 Å². The predicted octanol–water partition coefficient (Wildman–Crippen LogP) is 3.08. The van der Waals surface area contributed by atoms with Crippen molar-refractivity contribution in [1.82, 2.24) is 0 Å². The second-order valence-corrected chi connectivity index (χ2v) is 6.05. The molecule has 2 bridgehead atoms. The third-order valence-electron chi connectivity index (χ3n) is 5.16. The molecule has 4 aliphatic carbocycles. The Balaban J connectivity index is 1.77. The maximum absolute atomic E-state index is 12.6. The van der Waals surface area contributed by atoms with E-state index in [1.807, 2.05) is 0 Å². The first-order valence-corrected chi connectivity index (χ1v) is 6.70. The number of carbonyl (C=O) groups is 1. The second kappa shape index (κ2) is 3.58. The van der Waals surface area contributed by atoms with Crippen LogP contribution in [-0.2, 0) is 4.79 Å². The van der Waals surface area contributed by atoms with Crippen molar-refractivity contribution in [2.45, 2.75) is 51.4 Å². The summed E-state index contributed by atoms with van der Waals surface area (Å²) in [5.41, 5.74) is -0.179. The van der Waals surface area contributed by atoms with Crippen molar-refractivity contribution < 1.29 is 4.79 Å². The molecule has 0 aromatic carbocycles. The summed E-state index contributed by atoms with van der Waals surface area (Å²) in [4.78, 5) is 12.6. The van der Waals surface area contributed by atoms with Crippen LogP contribution in [0.2, 0.25) is 0 Å². The number of hydrogen-bond acceptors (Lipinski definition) is 2. The standard InChI is InChI=1S/C14H19NO/c15-9-12-6-10-7-14(12,8-10)13(16)11-4-2-1-3-5-11/h10-12H,1-8H2. The minimum absolute atomic E-state index is 0.0481. The van der Waals surface area contributed by atoms with Crippen molar-refractivity contribution in [2.24, 2.45) is 23.2 Å². The maximum Gasteiger partial charge on any atom is 0.143 e. The minimum atomic E-state index is -0.179. The van der Waals surface area contributed by atoms with Crippen LogP contribution in [0.15, 0.2) is 0 Å². The molecular weight excluding hydrogens is 198 g/mol. The van der Waals surface area contributed by atoms with E-state index in [0.717, 1.165) is 32.1 Å². The largest absolute Gasteiger partial charge is 0.299 e. The quantitative estimate of drug-likeness (QED) is 0.713. The van der Waals surface area contributed by atoms with Crippen LogP contribution in [-0.4, -0.2) is 5.78 Å². The summed E-state index contributed by atoms with van der Waals surface area (Å²) in [5, 5.41) is 9.17. The molecule has 16 heavy (non-hydrogen) atoms. The van der Waals surface area contributed by atoms with Gasteiger partial charge in [-0.2, -0.15) is 5.26 Å². The van der Waals surface area contributed by atoms with Gasteiger partial charge in [0.2, 0.25) is 0 Å². The number of ketones is 1. The lowest BCUT2D eigenvalue weighted by atomic mass is 9.60. The van der Waals surface area contributed by atoms with Crippen molar-refractivity contribution in [3.8, 4) is 6.07 Å². The number of carbonyl (C=O) groups excluding carboxylic acids is 1. The Morgan fingerprint density at radius 2 is 1.88 bits per heavy atom. The molecule has 4 aliphatic rings. The van der Waals surface area contributed by atoms with Crippen LogP contribution >= 0.6 is 0 Å². The van der Waals surface area contributed by atoms with Crippen LogP contribution < -0.4 is 0 Å². The number of fused-ring (bicyclic) bond motifs is 1. The highest BCUT2D eigenvalue weighted by Crippen LogP contribution is 2.63. The highest BCUT2D eigenvalue weighted by Gasteiger charge is 2.62. The monoisotopic (exact) mass is 217 g/mol. The predicted molar refractivity (Wildman–Crippen MR) is 60.5 cm³/mol. The molecule has 1 atom stereocenters. The van der Waals surface area contributed by atoms with Gasteiger partial charge in [-0.3, -0.25) is 4.79 Å². The molecule has 0 saturated heterocycles. The van der Waals surface area contributed by atoms with Gasteiger partial charge in [-0.05, 0) is 38.0 Å². The van der Waals surface area contributed by atoms with E-state index in [1.165, 1.54) is 19.3 Å². The highest BCUT2D eigenvalue weighted by molar-refractivity contribution is 5.89. The third-order valence-corrected chi connectivity index (χ3v) is 5.16. The van der Waals surface area contributed by atoms with Crippen molar-refractivity contribution >= 4 is 5.78 Å². The molecule has 0 radical (unpaired) electrons. The molecule has 4 fully saturated rings. The molecule has 1 unspecified atom stereocenters. The SMILES string of the molecule is N#CC1CC2CC1(C(=O)C1CCCCC1)C2. The van der Waals surface area contributed by atoms with E-state index in [0.29, 0.717) is 17.6 Å². The van der Waals surface area contributed by atoms with E-state index < -0.39 is 0 Å². The normalized spacial score (nSPS) is 42.4. The van der Waals surface area contributed by atoms with Crippen LogP contribution in [0.5, 0.6) is 0 Å². The van der Waals surface area contributed by atoms with E-state index in [9.17, 15) is 10.1 Å². The lowest BCUT2D eigenvalue weighted by Gasteiger charge is -2.41. The molecule has 0 aromatic rings. The fraction of sp³-hybridized carbons (Fsp3) is 0.857. The molecular formula is C14H19NO. The first-order chi connectivity index (χ1) is 7.76. The molecule has 0 amide bonds. The van der Waals surface area contributed by atoms with E-state index in [-0.39, 0.29) is 11.3 Å². The molecule has 2 nitrogen and oxygen atoms in total. The topological polar surface area (TPSA) is 40.9 Å². The average molecular weight is 217 g/mol. The number of nitriles is 1. The van der Waals surface area contributed by atoms with Crippen LogP contribution in [0, 0.1) is 34.5 Å². The summed E-state index contributed by atoms with van der Waals surface area (Å²) < 4.78 is 0. The maximum atomic E-state index is 12.6. The van der Waals surface area contributed by atoms with E-state index in [4.69, 9.17) is 0 Å². The van der Waals surface area contributed by atoms with Crippen LogP contribution in [0.3, 0.4) is 0 Å². The molecule has 0 aliphatic heterocycles. The van der Waals surface area contributed by atoms with Gasteiger partial charge in [0.25, 0.3) is 0 Å². The lowest BCUT2D eigenvalue weighted by Crippen LogP contribution is -2.44. The Morgan fingerprint density at radius 3 is 2.50 bits per heavy atom. The number of hydrogen-bond donors (Lipinski definition) is 0. The summed E-state index contributed by atoms with van der Waals surface area (Å²) >= 11 is 0. The minimum Gasteiger partial charge on any atom is -0.299 e. The van der Waals surface area contributed by atoms with Crippen molar-refractivity contribution in [3.63, 3.8) is 0 Å². The van der Waals surface area contributed by atoms with Crippen LogP contribution in [0.1, 0.15) is 51.4 Å². The van der Waals surface area contributed by atoms with Gasteiger partial charge in [0, 0.05) is 11.3 Å².